The molecule has 78 valence electrons. The highest BCUT2D eigenvalue weighted by atomic mass is 127. The molecule has 2 rings (SSSR count). The Kier molecular flexibility index (Phi) is 5.13. The van der Waals surface area contributed by atoms with E-state index in [1.54, 1.807) is 7.11 Å². The van der Waals surface area contributed by atoms with E-state index >= 15 is 0 Å². The van der Waals surface area contributed by atoms with Gasteiger partial charge in [-0.1, -0.05) is 6.07 Å². The fourth-order valence-electron chi connectivity index (χ4n) is 1.65. The SMILES string of the molecule is COCc1cc(I)ccc1C1CC1.I. The van der Waals surface area contributed by atoms with Gasteiger partial charge in [-0.15, -0.1) is 24.0 Å². The predicted molar refractivity (Wildman–Crippen MR) is 77.3 cm³/mol. The number of rotatable bonds is 3. The Morgan fingerprint density at radius 3 is 2.71 bits per heavy atom. The van der Waals surface area contributed by atoms with Crippen LogP contribution in [0.3, 0.4) is 0 Å². The smallest absolute Gasteiger partial charge is 0.0716 e. The number of hydrogen-bond acceptors (Lipinski definition) is 1. The van der Waals surface area contributed by atoms with Crippen LogP contribution in [0.25, 0.3) is 0 Å². The summed E-state index contributed by atoms with van der Waals surface area (Å²) in [6.45, 7) is 0.753. The molecule has 0 aliphatic heterocycles. The summed E-state index contributed by atoms with van der Waals surface area (Å²) >= 11 is 2.35. The lowest BCUT2D eigenvalue weighted by Gasteiger charge is -2.07. The fraction of sp³-hybridized carbons (Fsp3) is 0.455. The normalized spacial score (nSPS) is 15.0. The second kappa shape index (κ2) is 5.65. The summed E-state index contributed by atoms with van der Waals surface area (Å²) in [4.78, 5) is 0. The van der Waals surface area contributed by atoms with E-state index in [0.717, 1.165) is 12.5 Å². The minimum Gasteiger partial charge on any atom is -0.380 e. The van der Waals surface area contributed by atoms with Gasteiger partial charge in [-0.2, -0.15) is 0 Å². The quantitative estimate of drug-likeness (QED) is 0.679. The van der Waals surface area contributed by atoms with Crippen LogP contribution in [0.4, 0.5) is 0 Å². The molecule has 1 saturated carbocycles. The van der Waals surface area contributed by atoms with Crippen LogP contribution in [0, 0.1) is 3.57 Å². The van der Waals surface area contributed by atoms with E-state index < -0.39 is 0 Å². The Morgan fingerprint density at radius 1 is 1.43 bits per heavy atom. The van der Waals surface area contributed by atoms with E-state index in [1.807, 2.05) is 0 Å². The van der Waals surface area contributed by atoms with Gasteiger partial charge >= 0.3 is 0 Å². The van der Waals surface area contributed by atoms with Crippen molar-refractivity contribution in [2.45, 2.75) is 25.4 Å². The minimum absolute atomic E-state index is 0. The predicted octanol–water partition coefficient (Wildman–Crippen LogP) is 3.93. The summed E-state index contributed by atoms with van der Waals surface area (Å²) < 4.78 is 6.50. The molecule has 0 N–H and O–H groups in total. The zero-order chi connectivity index (χ0) is 9.26. The van der Waals surface area contributed by atoms with E-state index in [4.69, 9.17) is 4.74 Å². The molecule has 1 aromatic rings. The number of ether oxygens (including phenoxy) is 1. The lowest BCUT2D eigenvalue weighted by Crippen LogP contribution is -1.94. The molecule has 0 heterocycles. The molecule has 0 spiro atoms. The van der Waals surface area contributed by atoms with Crippen molar-refractivity contribution < 1.29 is 4.74 Å². The first-order chi connectivity index (χ1) is 6.31. The molecule has 1 aromatic carbocycles. The molecule has 1 aliphatic carbocycles. The van der Waals surface area contributed by atoms with E-state index in [-0.39, 0.29) is 24.0 Å². The molecule has 0 aromatic heterocycles. The number of halogens is 2. The van der Waals surface area contributed by atoms with Gasteiger partial charge in [-0.3, -0.25) is 0 Å². The van der Waals surface area contributed by atoms with Crippen LogP contribution in [-0.4, -0.2) is 7.11 Å². The highest BCUT2D eigenvalue weighted by Crippen LogP contribution is 2.42. The van der Waals surface area contributed by atoms with Crippen molar-refractivity contribution in [3.63, 3.8) is 0 Å². The molecule has 0 amide bonds. The molecule has 0 bridgehead atoms. The van der Waals surface area contributed by atoms with Crippen LogP contribution >= 0.6 is 46.6 Å². The topological polar surface area (TPSA) is 9.23 Å². The number of methoxy groups -OCH3 is 1. The maximum absolute atomic E-state index is 5.20. The molecule has 0 unspecified atom stereocenters. The van der Waals surface area contributed by atoms with Crippen LogP contribution in [0.2, 0.25) is 0 Å². The highest BCUT2D eigenvalue weighted by molar-refractivity contribution is 14.1. The molecule has 1 aliphatic rings. The average Bonchev–Trinajstić information content (AvgIpc) is 2.88. The van der Waals surface area contributed by atoms with Crippen molar-refractivity contribution in [2.75, 3.05) is 7.11 Å². The molecule has 14 heavy (non-hydrogen) atoms. The Balaban J connectivity index is 0.000000980. The Hall–Kier alpha value is 0.640. The van der Waals surface area contributed by atoms with Gasteiger partial charge in [-0.25, -0.2) is 0 Å². The lowest BCUT2D eigenvalue weighted by molar-refractivity contribution is 0.184. The Morgan fingerprint density at radius 2 is 2.14 bits per heavy atom. The largest absolute Gasteiger partial charge is 0.380 e. The van der Waals surface area contributed by atoms with E-state index in [9.17, 15) is 0 Å². The van der Waals surface area contributed by atoms with Crippen molar-refractivity contribution >= 4 is 46.6 Å². The van der Waals surface area contributed by atoms with Crippen LogP contribution in [0.15, 0.2) is 18.2 Å². The van der Waals surface area contributed by atoms with Crippen molar-refractivity contribution in [2.24, 2.45) is 0 Å². The van der Waals surface area contributed by atoms with Gasteiger partial charge in [0.25, 0.3) is 0 Å². The van der Waals surface area contributed by atoms with Crippen LogP contribution in [-0.2, 0) is 11.3 Å². The number of benzene rings is 1. The first-order valence-electron chi connectivity index (χ1n) is 4.58. The summed E-state index contributed by atoms with van der Waals surface area (Å²) in [5, 5.41) is 0. The van der Waals surface area contributed by atoms with Crippen LogP contribution < -0.4 is 0 Å². The maximum atomic E-state index is 5.20. The summed E-state index contributed by atoms with van der Waals surface area (Å²) in [5.41, 5.74) is 2.87. The van der Waals surface area contributed by atoms with E-state index in [0.29, 0.717) is 0 Å². The average molecular weight is 416 g/mol. The van der Waals surface area contributed by atoms with Gasteiger partial charge in [0.15, 0.2) is 0 Å². The maximum Gasteiger partial charge on any atom is 0.0716 e. The first kappa shape index (κ1) is 12.7. The third-order valence-electron chi connectivity index (χ3n) is 2.42. The third kappa shape index (κ3) is 3.06. The number of hydrogen-bond donors (Lipinski definition) is 0. The van der Waals surface area contributed by atoms with Gasteiger partial charge in [0.2, 0.25) is 0 Å². The summed E-state index contributed by atoms with van der Waals surface area (Å²) in [6.07, 6.45) is 2.72. The van der Waals surface area contributed by atoms with Crippen molar-refractivity contribution in [1.29, 1.82) is 0 Å². The second-order valence-electron chi connectivity index (χ2n) is 3.55. The molecule has 3 heteroatoms. The molecule has 1 nitrogen and oxygen atoms in total. The van der Waals surface area contributed by atoms with Crippen molar-refractivity contribution in [1.82, 2.24) is 0 Å². The van der Waals surface area contributed by atoms with E-state index in [1.165, 1.54) is 27.5 Å². The van der Waals surface area contributed by atoms with Crippen LogP contribution in [0.5, 0.6) is 0 Å². The molecular formula is C11H14I2O. The summed E-state index contributed by atoms with van der Waals surface area (Å²) in [7, 11) is 1.76. The molecule has 1 fully saturated rings. The van der Waals surface area contributed by atoms with Gasteiger partial charge in [0, 0.05) is 10.7 Å². The Bertz CT molecular complexity index is 308. The van der Waals surface area contributed by atoms with Gasteiger partial charge in [-0.05, 0) is 64.6 Å². The molecule has 0 atom stereocenters. The standard InChI is InChI=1S/C11H13IO.HI/c1-13-7-9-6-10(12)4-5-11(9)8-2-3-8;/h4-6,8H,2-3,7H2,1H3;1H. The second-order valence-corrected chi connectivity index (χ2v) is 4.80. The zero-order valence-corrected chi connectivity index (χ0v) is 12.6. The van der Waals surface area contributed by atoms with E-state index in [2.05, 4.69) is 40.8 Å². The highest BCUT2D eigenvalue weighted by Gasteiger charge is 2.25. The fourth-order valence-corrected chi connectivity index (χ4v) is 2.20. The first-order valence-corrected chi connectivity index (χ1v) is 5.66. The van der Waals surface area contributed by atoms with Gasteiger partial charge < -0.3 is 4.74 Å². The lowest BCUT2D eigenvalue weighted by atomic mass is 10.0. The minimum atomic E-state index is 0. The van der Waals surface area contributed by atoms with Gasteiger partial charge in [0.05, 0.1) is 6.61 Å². The van der Waals surface area contributed by atoms with Crippen LogP contribution in [0.1, 0.15) is 29.9 Å². The summed E-state index contributed by atoms with van der Waals surface area (Å²) in [5.74, 6) is 0.821. The zero-order valence-electron chi connectivity index (χ0n) is 8.13. The summed E-state index contributed by atoms with van der Waals surface area (Å²) in [6, 6.07) is 6.68. The molecule has 0 radical (unpaired) electrons. The monoisotopic (exact) mass is 416 g/mol. The molecule has 0 saturated heterocycles. The van der Waals surface area contributed by atoms with Crippen molar-refractivity contribution in [3.05, 3.63) is 32.9 Å². The molecular weight excluding hydrogens is 402 g/mol. The third-order valence-corrected chi connectivity index (χ3v) is 3.09. The van der Waals surface area contributed by atoms with Gasteiger partial charge in [0.1, 0.15) is 0 Å². The Labute approximate surface area is 116 Å². The van der Waals surface area contributed by atoms with Crippen molar-refractivity contribution in [3.8, 4) is 0 Å².